The van der Waals surface area contributed by atoms with Crippen LogP contribution in [0, 0.1) is 0 Å². The number of carbonyl (C=O) groups is 1. The first-order valence-electron chi connectivity index (χ1n) is 6.77. The summed E-state index contributed by atoms with van der Waals surface area (Å²) in [6.45, 7) is 3.07. The molecule has 1 atom stereocenters. The van der Waals surface area contributed by atoms with Crippen LogP contribution in [-0.4, -0.2) is 30.7 Å². The zero-order valence-corrected chi connectivity index (χ0v) is 13.5. The van der Waals surface area contributed by atoms with E-state index in [9.17, 15) is 4.79 Å². The number of benzene rings is 1. The standard InChI is InChI=1S/C15H18Cl2N2O2/c1-10(15(20)18-5-3-7-21-2)19-6-4-12-13(17)8-11(16)9-14(12)19/h4,6,8-10H,3,5,7H2,1-2H3,(H,18,20). The molecule has 2 rings (SSSR count). The van der Waals surface area contributed by atoms with Gasteiger partial charge in [-0.3, -0.25) is 4.79 Å². The molecular formula is C15H18Cl2N2O2. The summed E-state index contributed by atoms with van der Waals surface area (Å²) in [6, 6.07) is 5.07. The molecule has 6 heteroatoms. The minimum absolute atomic E-state index is 0.0419. The topological polar surface area (TPSA) is 43.3 Å². The van der Waals surface area contributed by atoms with Crippen LogP contribution in [0.1, 0.15) is 19.4 Å². The van der Waals surface area contributed by atoms with Gasteiger partial charge in [0.1, 0.15) is 6.04 Å². The van der Waals surface area contributed by atoms with E-state index in [4.69, 9.17) is 27.9 Å². The number of methoxy groups -OCH3 is 1. The summed E-state index contributed by atoms with van der Waals surface area (Å²) in [7, 11) is 1.64. The summed E-state index contributed by atoms with van der Waals surface area (Å²) in [5, 5.41) is 4.93. The van der Waals surface area contributed by atoms with E-state index in [1.807, 2.05) is 29.8 Å². The maximum Gasteiger partial charge on any atom is 0.242 e. The zero-order chi connectivity index (χ0) is 15.4. The molecule has 0 aliphatic carbocycles. The minimum atomic E-state index is -0.334. The summed E-state index contributed by atoms with van der Waals surface area (Å²) < 4.78 is 6.83. The quantitative estimate of drug-likeness (QED) is 0.822. The van der Waals surface area contributed by atoms with Crippen LogP contribution >= 0.6 is 23.2 Å². The van der Waals surface area contributed by atoms with Crippen LogP contribution in [0.4, 0.5) is 0 Å². The van der Waals surface area contributed by atoms with Crippen LogP contribution in [0.2, 0.25) is 10.0 Å². The third kappa shape index (κ3) is 3.70. The monoisotopic (exact) mass is 328 g/mol. The summed E-state index contributed by atoms with van der Waals surface area (Å²) in [4.78, 5) is 12.2. The summed E-state index contributed by atoms with van der Waals surface area (Å²) in [6.07, 6.45) is 2.64. The van der Waals surface area contributed by atoms with E-state index in [1.54, 1.807) is 13.2 Å². The average Bonchev–Trinajstić information content (AvgIpc) is 2.86. The molecule has 4 nitrogen and oxygen atoms in total. The Labute approximate surface area is 134 Å². The van der Waals surface area contributed by atoms with Crippen molar-refractivity contribution in [3.63, 3.8) is 0 Å². The number of hydrogen-bond acceptors (Lipinski definition) is 2. The fourth-order valence-corrected chi connectivity index (χ4v) is 2.77. The van der Waals surface area contributed by atoms with E-state index in [0.29, 0.717) is 23.2 Å². The molecule has 0 bridgehead atoms. The molecule has 21 heavy (non-hydrogen) atoms. The molecule has 1 heterocycles. The molecule has 1 amide bonds. The number of amides is 1. The number of halogens is 2. The molecule has 0 fully saturated rings. The Kier molecular flexibility index (Phi) is 5.51. The molecule has 1 N–H and O–H groups in total. The predicted molar refractivity (Wildman–Crippen MR) is 86.2 cm³/mol. The van der Waals surface area contributed by atoms with Crippen LogP contribution in [0.5, 0.6) is 0 Å². The second kappa shape index (κ2) is 7.16. The number of aromatic nitrogens is 1. The Balaban J connectivity index is 2.15. The Morgan fingerprint density at radius 2 is 2.19 bits per heavy atom. The predicted octanol–water partition coefficient (Wildman–Crippen LogP) is 3.66. The molecular weight excluding hydrogens is 311 g/mol. The smallest absolute Gasteiger partial charge is 0.242 e. The minimum Gasteiger partial charge on any atom is -0.385 e. The van der Waals surface area contributed by atoms with Crippen molar-refractivity contribution in [3.05, 3.63) is 34.4 Å². The van der Waals surface area contributed by atoms with Gasteiger partial charge in [-0.25, -0.2) is 0 Å². The average molecular weight is 329 g/mol. The van der Waals surface area contributed by atoms with Crippen molar-refractivity contribution in [2.24, 2.45) is 0 Å². The van der Waals surface area contributed by atoms with Gasteiger partial charge in [0.25, 0.3) is 0 Å². The largest absolute Gasteiger partial charge is 0.385 e. The second-order valence-corrected chi connectivity index (χ2v) is 5.70. The lowest BCUT2D eigenvalue weighted by molar-refractivity contribution is -0.123. The van der Waals surface area contributed by atoms with Crippen molar-refractivity contribution < 1.29 is 9.53 Å². The van der Waals surface area contributed by atoms with Crippen molar-refractivity contribution in [1.29, 1.82) is 0 Å². The van der Waals surface area contributed by atoms with E-state index in [1.165, 1.54) is 0 Å². The van der Waals surface area contributed by atoms with Crippen molar-refractivity contribution in [2.45, 2.75) is 19.4 Å². The van der Waals surface area contributed by atoms with Crippen molar-refractivity contribution >= 4 is 40.0 Å². The molecule has 0 saturated heterocycles. The van der Waals surface area contributed by atoms with Crippen LogP contribution in [0.15, 0.2) is 24.4 Å². The molecule has 1 aromatic carbocycles. The third-order valence-corrected chi connectivity index (χ3v) is 3.90. The lowest BCUT2D eigenvalue weighted by Crippen LogP contribution is -2.31. The second-order valence-electron chi connectivity index (χ2n) is 4.86. The van der Waals surface area contributed by atoms with Crippen LogP contribution in [-0.2, 0) is 9.53 Å². The highest BCUT2D eigenvalue weighted by Gasteiger charge is 2.17. The number of ether oxygens (including phenoxy) is 1. The van der Waals surface area contributed by atoms with E-state index in [2.05, 4.69) is 5.32 Å². The number of nitrogens with one attached hydrogen (secondary N) is 1. The fraction of sp³-hybridized carbons (Fsp3) is 0.400. The van der Waals surface area contributed by atoms with Crippen LogP contribution in [0.25, 0.3) is 10.9 Å². The Hall–Kier alpha value is -1.23. The number of rotatable bonds is 6. The summed E-state index contributed by atoms with van der Waals surface area (Å²) in [5.41, 5.74) is 0.854. The third-order valence-electron chi connectivity index (χ3n) is 3.37. The van der Waals surface area contributed by atoms with Gasteiger partial charge in [0.2, 0.25) is 5.91 Å². The molecule has 2 aromatic rings. The Morgan fingerprint density at radius 3 is 2.90 bits per heavy atom. The van der Waals surface area contributed by atoms with E-state index in [0.717, 1.165) is 17.3 Å². The lowest BCUT2D eigenvalue weighted by Gasteiger charge is -2.15. The van der Waals surface area contributed by atoms with Crippen LogP contribution < -0.4 is 5.32 Å². The lowest BCUT2D eigenvalue weighted by atomic mass is 10.2. The first-order chi connectivity index (χ1) is 10.0. The summed E-state index contributed by atoms with van der Waals surface area (Å²) >= 11 is 12.2. The van der Waals surface area contributed by atoms with E-state index in [-0.39, 0.29) is 11.9 Å². The molecule has 0 aliphatic heterocycles. The number of nitrogens with zero attached hydrogens (tertiary/aromatic N) is 1. The maximum atomic E-state index is 12.2. The molecule has 0 saturated carbocycles. The van der Waals surface area contributed by atoms with Crippen LogP contribution in [0.3, 0.4) is 0 Å². The Bertz CT molecular complexity index is 640. The van der Waals surface area contributed by atoms with Crippen molar-refractivity contribution in [2.75, 3.05) is 20.3 Å². The van der Waals surface area contributed by atoms with Gasteiger partial charge in [-0.15, -0.1) is 0 Å². The number of hydrogen-bond donors (Lipinski definition) is 1. The fourth-order valence-electron chi connectivity index (χ4n) is 2.22. The van der Waals surface area contributed by atoms with E-state index >= 15 is 0 Å². The molecule has 0 radical (unpaired) electrons. The normalized spacial score (nSPS) is 12.6. The van der Waals surface area contributed by atoms with Gasteiger partial charge in [-0.1, -0.05) is 23.2 Å². The molecule has 1 unspecified atom stereocenters. The van der Waals surface area contributed by atoms with Gasteiger partial charge in [0.15, 0.2) is 0 Å². The highest BCUT2D eigenvalue weighted by Crippen LogP contribution is 2.30. The van der Waals surface area contributed by atoms with Crippen molar-refractivity contribution in [1.82, 2.24) is 9.88 Å². The SMILES string of the molecule is COCCCNC(=O)C(C)n1ccc2c(Cl)cc(Cl)cc21. The van der Waals surface area contributed by atoms with Gasteiger partial charge >= 0.3 is 0 Å². The number of fused-ring (bicyclic) bond motifs is 1. The van der Waals surface area contributed by atoms with Gasteiger partial charge in [0, 0.05) is 36.9 Å². The van der Waals surface area contributed by atoms with E-state index < -0.39 is 0 Å². The highest BCUT2D eigenvalue weighted by molar-refractivity contribution is 6.38. The first-order valence-corrected chi connectivity index (χ1v) is 7.52. The van der Waals surface area contributed by atoms with Gasteiger partial charge in [-0.05, 0) is 31.5 Å². The maximum absolute atomic E-state index is 12.2. The van der Waals surface area contributed by atoms with Gasteiger partial charge in [0.05, 0.1) is 10.5 Å². The molecule has 0 spiro atoms. The summed E-state index contributed by atoms with van der Waals surface area (Å²) in [5.74, 6) is -0.0419. The first kappa shape index (κ1) is 16.1. The highest BCUT2D eigenvalue weighted by atomic mass is 35.5. The molecule has 1 aromatic heterocycles. The Morgan fingerprint density at radius 1 is 1.43 bits per heavy atom. The van der Waals surface area contributed by atoms with Gasteiger partial charge < -0.3 is 14.6 Å². The molecule has 0 aliphatic rings. The van der Waals surface area contributed by atoms with Gasteiger partial charge in [-0.2, -0.15) is 0 Å². The zero-order valence-electron chi connectivity index (χ0n) is 12.0. The number of carbonyl (C=O) groups excluding carboxylic acids is 1. The molecule has 114 valence electrons. The van der Waals surface area contributed by atoms with Crippen molar-refractivity contribution in [3.8, 4) is 0 Å².